The molecule has 2 aromatic heterocycles. The first-order valence-corrected chi connectivity index (χ1v) is 9.10. The number of amides is 2. The number of rotatable bonds is 9. The second-order valence-electron chi connectivity index (χ2n) is 5.59. The second kappa shape index (κ2) is 10.2. The number of aliphatic carboxylic acids is 1. The van der Waals surface area contributed by atoms with Crippen LogP contribution >= 0.6 is 11.3 Å². The summed E-state index contributed by atoms with van der Waals surface area (Å²) in [5.74, 6) is -1.34. The van der Waals surface area contributed by atoms with E-state index in [1.54, 1.807) is 17.8 Å². The molecule has 10 heteroatoms. The van der Waals surface area contributed by atoms with E-state index in [1.807, 2.05) is 12.1 Å². The Morgan fingerprint density at radius 1 is 1.26 bits per heavy atom. The number of nitrogens with one attached hydrogen (secondary N) is 2. The number of pyridine rings is 1. The van der Waals surface area contributed by atoms with E-state index in [0.29, 0.717) is 23.7 Å². The van der Waals surface area contributed by atoms with Crippen molar-refractivity contribution in [2.24, 2.45) is 0 Å². The quantitative estimate of drug-likeness (QED) is 0.559. The van der Waals surface area contributed by atoms with Crippen LogP contribution in [0.2, 0.25) is 0 Å². The number of aromatic nitrogens is 2. The molecule has 1 unspecified atom stereocenters. The first kappa shape index (κ1) is 20.3. The SMILES string of the molecule is COC(=O)NC(CCCCC(=O)O)C(=O)Nc1nc(-c2ccncc2)cs1. The lowest BCUT2D eigenvalue weighted by atomic mass is 10.1. The minimum Gasteiger partial charge on any atom is -0.481 e. The number of carboxylic acid groups (broad SMARTS) is 1. The van der Waals surface area contributed by atoms with E-state index in [-0.39, 0.29) is 12.8 Å². The summed E-state index contributed by atoms with van der Waals surface area (Å²) in [6.07, 6.45) is 3.75. The number of carboxylic acids is 1. The summed E-state index contributed by atoms with van der Waals surface area (Å²) in [6.45, 7) is 0. The Labute approximate surface area is 159 Å². The monoisotopic (exact) mass is 392 g/mol. The number of nitrogens with zero attached hydrogens (tertiary/aromatic N) is 2. The number of anilines is 1. The first-order valence-electron chi connectivity index (χ1n) is 8.22. The Morgan fingerprint density at radius 2 is 2.00 bits per heavy atom. The van der Waals surface area contributed by atoms with E-state index in [4.69, 9.17) is 5.11 Å². The lowest BCUT2D eigenvalue weighted by Crippen LogP contribution is -2.43. The van der Waals surface area contributed by atoms with Crippen molar-refractivity contribution in [3.63, 3.8) is 0 Å². The van der Waals surface area contributed by atoms with Crippen LogP contribution in [0.5, 0.6) is 0 Å². The molecule has 0 saturated heterocycles. The van der Waals surface area contributed by atoms with Crippen molar-refractivity contribution in [3.05, 3.63) is 29.9 Å². The fraction of sp³-hybridized carbons (Fsp3) is 0.353. The van der Waals surface area contributed by atoms with E-state index in [9.17, 15) is 14.4 Å². The summed E-state index contributed by atoms with van der Waals surface area (Å²) in [5, 5.41) is 16.0. The minimum absolute atomic E-state index is 0.00827. The van der Waals surface area contributed by atoms with Crippen LogP contribution in [0.15, 0.2) is 29.9 Å². The molecular weight excluding hydrogens is 372 g/mol. The number of carbonyl (C=O) groups is 3. The number of hydrogen-bond donors (Lipinski definition) is 3. The van der Waals surface area contributed by atoms with E-state index in [0.717, 1.165) is 5.56 Å². The van der Waals surface area contributed by atoms with Gasteiger partial charge in [-0.3, -0.25) is 14.6 Å². The van der Waals surface area contributed by atoms with Crippen molar-refractivity contribution in [1.29, 1.82) is 0 Å². The molecule has 0 aliphatic rings. The van der Waals surface area contributed by atoms with Crippen LogP contribution in [0.4, 0.5) is 9.93 Å². The van der Waals surface area contributed by atoms with Gasteiger partial charge < -0.3 is 20.5 Å². The standard InChI is InChI=1S/C17H20N4O5S/c1-26-17(25)20-12(4-2-3-5-14(22)23)15(24)21-16-19-13(10-27-16)11-6-8-18-9-7-11/h6-10,12H,2-5H2,1H3,(H,20,25)(H,22,23)(H,19,21,24). The summed E-state index contributed by atoms with van der Waals surface area (Å²) in [7, 11) is 1.20. The van der Waals surface area contributed by atoms with Gasteiger partial charge in [0.25, 0.3) is 0 Å². The highest BCUT2D eigenvalue weighted by Gasteiger charge is 2.22. The van der Waals surface area contributed by atoms with Gasteiger partial charge in [-0.15, -0.1) is 11.3 Å². The lowest BCUT2D eigenvalue weighted by molar-refractivity contribution is -0.137. The third-order valence-corrected chi connectivity index (χ3v) is 4.40. The number of methoxy groups -OCH3 is 1. The molecule has 0 aliphatic carbocycles. The van der Waals surface area contributed by atoms with Gasteiger partial charge in [0.2, 0.25) is 5.91 Å². The zero-order chi connectivity index (χ0) is 19.6. The van der Waals surface area contributed by atoms with Gasteiger partial charge >= 0.3 is 12.1 Å². The summed E-state index contributed by atoms with van der Waals surface area (Å²) < 4.78 is 4.54. The van der Waals surface area contributed by atoms with Gasteiger partial charge in [-0.05, 0) is 25.0 Å². The molecular formula is C17H20N4O5S. The third-order valence-electron chi connectivity index (χ3n) is 3.64. The maximum absolute atomic E-state index is 12.5. The predicted molar refractivity (Wildman–Crippen MR) is 99.4 cm³/mol. The van der Waals surface area contributed by atoms with Gasteiger partial charge in [-0.1, -0.05) is 6.42 Å². The van der Waals surface area contributed by atoms with Crippen molar-refractivity contribution < 1.29 is 24.2 Å². The molecule has 2 heterocycles. The highest BCUT2D eigenvalue weighted by molar-refractivity contribution is 7.14. The Bertz CT molecular complexity index is 781. The molecule has 2 amide bonds. The van der Waals surface area contributed by atoms with Gasteiger partial charge in [0, 0.05) is 29.8 Å². The van der Waals surface area contributed by atoms with E-state index in [2.05, 4.69) is 25.3 Å². The van der Waals surface area contributed by atoms with Gasteiger partial charge in [-0.25, -0.2) is 9.78 Å². The lowest BCUT2D eigenvalue weighted by Gasteiger charge is -2.16. The number of alkyl carbamates (subject to hydrolysis) is 1. The van der Waals surface area contributed by atoms with Crippen LogP contribution in [0.25, 0.3) is 11.3 Å². The highest BCUT2D eigenvalue weighted by Crippen LogP contribution is 2.24. The molecule has 0 spiro atoms. The predicted octanol–water partition coefficient (Wildman–Crippen LogP) is 2.51. The molecule has 0 aliphatic heterocycles. The average molecular weight is 392 g/mol. The molecule has 2 aromatic rings. The summed E-state index contributed by atoms with van der Waals surface area (Å²) in [4.78, 5) is 42.9. The van der Waals surface area contributed by atoms with Crippen LogP contribution in [0.1, 0.15) is 25.7 Å². The Kier molecular flexibility index (Phi) is 7.68. The van der Waals surface area contributed by atoms with Crippen molar-refractivity contribution in [2.75, 3.05) is 12.4 Å². The van der Waals surface area contributed by atoms with Crippen LogP contribution in [0.3, 0.4) is 0 Å². The Morgan fingerprint density at radius 3 is 2.67 bits per heavy atom. The number of carbonyl (C=O) groups excluding carboxylic acids is 2. The summed E-state index contributed by atoms with van der Waals surface area (Å²) in [5.41, 5.74) is 1.58. The third kappa shape index (κ3) is 6.66. The van der Waals surface area contributed by atoms with Gasteiger partial charge in [0.1, 0.15) is 6.04 Å². The fourth-order valence-electron chi connectivity index (χ4n) is 2.27. The van der Waals surface area contributed by atoms with Crippen molar-refractivity contribution in [2.45, 2.75) is 31.7 Å². The molecule has 0 saturated carbocycles. The second-order valence-corrected chi connectivity index (χ2v) is 6.45. The van der Waals surface area contributed by atoms with E-state index >= 15 is 0 Å². The molecule has 0 radical (unpaired) electrons. The van der Waals surface area contributed by atoms with Crippen LogP contribution in [-0.4, -0.2) is 46.2 Å². The van der Waals surface area contributed by atoms with Gasteiger partial charge in [0.15, 0.2) is 5.13 Å². The summed E-state index contributed by atoms with van der Waals surface area (Å²) in [6, 6.07) is 2.77. The largest absolute Gasteiger partial charge is 0.481 e. The topological polar surface area (TPSA) is 131 Å². The number of unbranched alkanes of at least 4 members (excludes halogenated alkanes) is 1. The number of ether oxygens (including phenoxy) is 1. The molecule has 0 fully saturated rings. The fourth-order valence-corrected chi connectivity index (χ4v) is 3.00. The van der Waals surface area contributed by atoms with Crippen LogP contribution in [-0.2, 0) is 14.3 Å². The number of thiazole rings is 1. The Hall–Kier alpha value is -3.01. The van der Waals surface area contributed by atoms with Gasteiger partial charge in [0.05, 0.1) is 12.8 Å². The number of hydrogen-bond acceptors (Lipinski definition) is 7. The summed E-state index contributed by atoms with van der Waals surface area (Å²) >= 11 is 1.26. The van der Waals surface area contributed by atoms with Crippen molar-refractivity contribution >= 4 is 34.4 Å². The molecule has 2 rings (SSSR count). The molecule has 0 aromatic carbocycles. The zero-order valence-electron chi connectivity index (χ0n) is 14.7. The minimum atomic E-state index is -0.900. The average Bonchev–Trinajstić information content (AvgIpc) is 3.12. The van der Waals surface area contributed by atoms with Crippen molar-refractivity contribution in [3.8, 4) is 11.3 Å². The molecule has 1 atom stereocenters. The van der Waals surface area contributed by atoms with Crippen LogP contribution < -0.4 is 10.6 Å². The molecule has 27 heavy (non-hydrogen) atoms. The smallest absolute Gasteiger partial charge is 0.407 e. The normalized spacial score (nSPS) is 11.4. The Balaban J connectivity index is 1.98. The molecule has 9 nitrogen and oxygen atoms in total. The molecule has 3 N–H and O–H groups in total. The van der Waals surface area contributed by atoms with Crippen molar-refractivity contribution in [1.82, 2.24) is 15.3 Å². The first-order chi connectivity index (χ1) is 13.0. The van der Waals surface area contributed by atoms with Crippen LogP contribution in [0, 0.1) is 0 Å². The maximum atomic E-state index is 12.5. The molecule has 144 valence electrons. The van der Waals surface area contributed by atoms with E-state index < -0.39 is 24.0 Å². The molecule has 0 bridgehead atoms. The highest BCUT2D eigenvalue weighted by atomic mass is 32.1. The maximum Gasteiger partial charge on any atom is 0.407 e. The zero-order valence-corrected chi connectivity index (χ0v) is 15.5. The van der Waals surface area contributed by atoms with Gasteiger partial charge in [-0.2, -0.15) is 0 Å². The van der Waals surface area contributed by atoms with E-state index in [1.165, 1.54) is 18.4 Å².